The predicted molar refractivity (Wildman–Crippen MR) is 129 cm³/mol. The first kappa shape index (κ1) is 21.7. The number of carbonyl (C=O) groups is 2. The second-order valence-corrected chi connectivity index (χ2v) is 10.5. The second-order valence-electron chi connectivity index (χ2n) is 10.1. The lowest BCUT2D eigenvalue weighted by molar-refractivity contribution is -0.138. The molecule has 3 fully saturated rings. The topological polar surface area (TPSA) is 71.1 Å². The van der Waals surface area contributed by atoms with Gasteiger partial charge in [-0.25, -0.2) is 4.52 Å². The summed E-state index contributed by atoms with van der Waals surface area (Å²) in [6.45, 7) is 3.42. The Hall–Kier alpha value is -2.80. The summed E-state index contributed by atoms with van der Waals surface area (Å²) in [7, 11) is 0. The fourth-order valence-corrected chi connectivity index (χ4v) is 5.73. The average Bonchev–Trinajstić information content (AvgIpc) is 3.45. The van der Waals surface area contributed by atoms with Gasteiger partial charge < -0.3 is 14.2 Å². The molecule has 0 N–H and O–H groups in total. The number of fused-ring (bicyclic) bond motifs is 1. The summed E-state index contributed by atoms with van der Waals surface area (Å²) in [6, 6.07) is 8.13. The van der Waals surface area contributed by atoms with E-state index in [-0.39, 0.29) is 24.1 Å². The van der Waals surface area contributed by atoms with Crippen molar-refractivity contribution in [1.82, 2.24) is 19.4 Å². The number of nitrogens with zero attached hydrogens (tertiary/aromatic N) is 4. The number of amides is 2. The van der Waals surface area contributed by atoms with Gasteiger partial charge in [0.1, 0.15) is 12.2 Å². The SMILES string of the molecule is CC1CCC(N2CCN(C(=O)c3nn4c(-c5ccco5)cc(C5CC5)cc4c3Cl)CC2=O)CC1. The molecule has 7 nitrogen and oxygen atoms in total. The molecule has 3 aliphatic rings. The van der Waals surface area contributed by atoms with Crippen LogP contribution in [-0.4, -0.2) is 56.9 Å². The highest BCUT2D eigenvalue weighted by Gasteiger charge is 2.35. The van der Waals surface area contributed by atoms with Crippen molar-refractivity contribution in [3.63, 3.8) is 0 Å². The zero-order valence-corrected chi connectivity index (χ0v) is 20.1. The van der Waals surface area contributed by atoms with Crippen molar-refractivity contribution in [2.45, 2.75) is 57.4 Å². The Morgan fingerprint density at radius 2 is 1.91 bits per heavy atom. The summed E-state index contributed by atoms with van der Waals surface area (Å²) >= 11 is 6.75. The van der Waals surface area contributed by atoms with E-state index in [4.69, 9.17) is 16.0 Å². The van der Waals surface area contributed by atoms with E-state index in [0.717, 1.165) is 50.1 Å². The molecule has 6 rings (SSSR count). The van der Waals surface area contributed by atoms with E-state index in [1.165, 1.54) is 5.56 Å². The van der Waals surface area contributed by atoms with E-state index in [0.29, 0.717) is 41.3 Å². The minimum Gasteiger partial charge on any atom is -0.463 e. The van der Waals surface area contributed by atoms with Crippen LogP contribution in [0, 0.1) is 5.92 Å². The fourth-order valence-electron chi connectivity index (χ4n) is 5.48. The van der Waals surface area contributed by atoms with Crippen molar-refractivity contribution in [2.24, 2.45) is 5.92 Å². The molecule has 8 heteroatoms. The number of piperazine rings is 1. The maximum Gasteiger partial charge on any atom is 0.276 e. The van der Waals surface area contributed by atoms with Gasteiger partial charge >= 0.3 is 0 Å². The Bertz CT molecular complexity index is 1240. The first-order chi connectivity index (χ1) is 16.5. The number of pyridine rings is 1. The van der Waals surface area contributed by atoms with E-state index in [1.54, 1.807) is 15.7 Å². The molecule has 178 valence electrons. The lowest BCUT2D eigenvalue weighted by atomic mass is 9.86. The average molecular weight is 481 g/mol. The molecule has 0 bridgehead atoms. The standard InChI is InChI=1S/C26H29ClN4O3/c1-16-4-8-19(9-5-16)30-11-10-29(15-23(30)32)26(33)25-24(27)21-14-18(17-6-7-17)13-20(31(21)28-25)22-3-2-12-34-22/h2-3,12-14,16-17,19H,4-11,15H2,1H3. The fraction of sp³-hybridized carbons (Fsp3) is 0.500. The van der Waals surface area contributed by atoms with E-state index in [2.05, 4.69) is 18.1 Å². The van der Waals surface area contributed by atoms with Gasteiger partial charge in [0.2, 0.25) is 5.91 Å². The van der Waals surface area contributed by atoms with Crippen molar-refractivity contribution in [3.05, 3.63) is 46.8 Å². The Kier molecular flexibility index (Phi) is 5.40. The van der Waals surface area contributed by atoms with Crippen molar-refractivity contribution in [2.75, 3.05) is 19.6 Å². The number of aromatic nitrogens is 2. The number of hydrogen-bond acceptors (Lipinski definition) is 4. The van der Waals surface area contributed by atoms with Gasteiger partial charge in [-0.1, -0.05) is 18.5 Å². The van der Waals surface area contributed by atoms with Crippen LogP contribution < -0.4 is 0 Å². The van der Waals surface area contributed by atoms with Crippen LogP contribution >= 0.6 is 11.6 Å². The highest BCUT2D eigenvalue weighted by Crippen LogP contribution is 2.43. The molecule has 1 aliphatic heterocycles. The van der Waals surface area contributed by atoms with Gasteiger partial charge in [-0.05, 0) is 80.2 Å². The quantitative estimate of drug-likeness (QED) is 0.527. The molecule has 4 heterocycles. The number of hydrogen-bond donors (Lipinski definition) is 0. The molecule has 1 saturated heterocycles. The molecule has 2 amide bonds. The Morgan fingerprint density at radius 1 is 1.12 bits per heavy atom. The zero-order chi connectivity index (χ0) is 23.4. The van der Waals surface area contributed by atoms with Crippen molar-refractivity contribution >= 4 is 28.9 Å². The van der Waals surface area contributed by atoms with Gasteiger partial charge in [-0.3, -0.25) is 9.59 Å². The summed E-state index contributed by atoms with van der Waals surface area (Å²) in [5.41, 5.74) is 2.85. The molecule has 0 radical (unpaired) electrons. The zero-order valence-electron chi connectivity index (χ0n) is 19.4. The molecule has 3 aromatic rings. The third-order valence-electron chi connectivity index (χ3n) is 7.69. The molecule has 34 heavy (non-hydrogen) atoms. The van der Waals surface area contributed by atoms with Crippen LogP contribution in [0.4, 0.5) is 0 Å². The van der Waals surface area contributed by atoms with Crippen LogP contribution in [0.1, 0.15) is 67.4 Å². The van der Waals surface area contributed by atoms with Crippen LogP contribution in [0.5, 0.6) is 0 Å². The Labute approximate surface area is 203 Å². The highest BCUT2D eigenvalue weighted by molar-refractivity contribution is 6.37. The summed E-state index contributed by atoms with van der Waals surface area (Å²) in [6.07, 6.45) is 8.36. The molecular weight excluding hydrogens is 452 g/mol. The first-order valence-corrected chi connectivity index (χ1v) is 12.7. The van der Waals surface area contributed by atoms with Crippen LogP contribution in [0.25, 0.3) is 17.0 Å². The first-order valence-electron chi connectivity index (χ1n) is 12.3. The summed E-state index contributed by atoms with van der Waals surface area (Å²) in [5, 5.41) is 4.95. The number of rotatable bonds is 4. The van der Waals surface area contributed by atoms with Crippen LogP contribution in [0.2, 0.25) is 5.02 Å². The highest BCUT2D eigenvalue weighted by atomic mass is 35.5. The Morgan fingerprint density at radius 3 is 2.59 bits per heavy atom. The smallest absolute Gasteiger partial charge is 0.276 e. The number of halogens is 1. The number of furan rings is 1. The summed E-state index contributed by atoms with van der Waals surface area (Å²) < 4.78 is 7.35. The summed E-state index contributed by atoms with van der Waals surface area (Å²) in [4.78, 5) is 30.0. The van der Waals surface area contributed by atoms with Gasteiger partial charge in [0.05, 0.1) is 16.8 Å². The lowest BCUT2D eigenvalue weighted by Gasteiger charge is -2.41. The number of carbonyl (C=O) groups excluding carboxylic acids is 2. The van der Waals surface area contributed by atoms with Gasteiger partial charge in [0.25, 0.3) is 5.91 Å². The molecular formula is C26H29ClN4O3. The second kappa shape index (κ2) is 8.45. The minimum absolute atomic E-state index is 0.0198. The lowest BCUT2D eigenvalue weighted by Crippen LogP contribution is -2.56. The molecule has 0 spiro atoms. The minimum atomic E-state index is -0.294. The van der Waals surface area contributed by atoms with E-state index in [9.17, 15) is 9.59 Å². The maximum atomic E-state index is 13.5. The van der Waals surface area contributed by atoms with Crippen LogP contribution in [-0.2, 0) is 4.79 Å². The van der Waals surface area contributed by atoms with Crippen LogP contribution in [0.15, 0.2) is 34.9 Å². The third-order valence-corrected chi connectivity index (χ3v) is 8.06. The maximum absolute atomic E-state index is 13.5. The third kappa shape index (κ3) is 3.80. The van der Waals surface area contributed by atoms with E-state index < -0.39 is 0 Å². The molecule has 0 unspecified atom stereocenters. The van der Waals surface area contributed by atoms with Gasteiger partial charge in [0.15, 0.2) is 11.5 Å². The van der Waals surface area contributed by atoms with Crippen molar-refractivity contribution < 1.29 is 14.0 Å². The van der Waals surface area contributed by atoms with Crippen molar-refractivity contribution in [3.8, 4) is 11.5 Å². The van der Waals surface area contributed by atoms with Crippen molar-refractivity contribution in [1.29, 1.82) is 0 Å². The van der Waals surface area contributed by atoms with E-state index >= 15 is 0 Å². The van der Waals surface area contributed by atoms with Gasteiger partial charge in [-0.2, -0.15) is 5.10 Å². The molecule has 3 aromatic heterocycles. The molecule has 0 atom stereocenters. The Balaban J connectivity index is 1.28. The predicted octanol–water partition coefficient (Wildman–Crippen LogP) is 4.99. The molecule has 2 saturated carbocycles. The normalized spacial score (nSPS) is 23.6. The monoisotopic (exact) mass is 480 g/mol. The van der Waals surface area contributed by atoms with E-state index in [1.807, 2.05) is 23.1 Å². The van der Waals surface area contributed by atoms with Crippen LogP contribution in [0.3, 0.4) is 0 Å². The van der Waals surface area contributed by atoms with Gasteiger partial charge in [-0.15, -0.1) is 0 Å². The molecule has 2 aliphatic carbocycles. The summed E-state index contributed by atoms with van der Waals surface area (Å²) in [5.74, 6) is 1.65. The molecule has 0 aromatic carbocycles. The largest absolute Gasteiger partial charge is 0.463 e. The van der Waals surface area contributed by atoms with Gasteiger partial charge in [0, 0.05) is 19.1 Å².